The van der Waals surface area contributed by atoms with E-state index in [-0.39, 0.29) is 11.9 Å². The summed E-state index contributed by atoms with van der Waals surface area (Å²) < 4.78 is 11.3. The Morgan fingerprint density at radius 3 is 2.95 bits per heavy atom. The Balaban J connectivity index is 2.07. The first-order valence-electron chi connectivity index (χ1n) is 6.91. The van der Waals surface area contributed by atoms with Crippen LogP contribution in [0, 0.1) is 0 Å². The number of carbonyl (C=O) groups is 1. The quantitative estimate of drug-likeness (QED) is 0.888. The Labute approximate surface area is 119 Å². The summed E-state index contributed by atoms with van der Waals surface area (Å²) >= 11 is 0. The lowest BCUT2D eigenvalue weighted by atomic mass is 10.1. The van der Waals surface area contributed by atoms with Crippen LogP contribution in [-0.4, -0.2) is 44.2 Å². The van der Waals surface area contributed by atoms with Gasteiger partial charge in [-0.3, -0.25) is 4.79 Å². The largest absolute Gasteiger partial charge is 0.491 e. The summed E-state index contributed by atoms with van der Waals surface area (Å²) in [6.07, 6.45) is -0.506. The Morgan fingerprint density at radius 2 is 2.30 bits per heavy atom. The van der Waals surface area contributed by atoms with Crippen LogP contribution in [0.25, 0.3) is 0 Å². The Bertz CT molecular complexity index is 488. The van der Waals surface area contributed by atoms with E-state index in [0.29, 0.717) is 12.4 Å². The summed E-state index contributed by atoms with van der Waals surface area (Å²) in [4.78, 5) is 13.3. The van der Waals surface area contributed by atoms with Crippen molar-refractivity contribution in [1.29, 1.82) is 0 Å². The monoisotopic (exact) mass is 278 g/mol. The number of rotatable bonds is 5. The number of fused-ring (bicyclic) bond motifs is 1. The van der Waals surface area contributed by atoms with Crippen LogP contribution < -0.4 is 14.8 Å². The highest BCUT2D eigenvalue weighted by Crippen LogP contribution is 2.35. The molecule has 2 unspecified atom stereocenters. The second kappa shape index (κ2) is 6.13. The molecule has 1 aromatic rings. The molecule has 0 radical (unpaired) electrons. The standard InChI is InChI=1S/C15H22N2O3/c1-5-16-13-9-19-14-8-11(6-7-12(13)14)20-10(2)15(18)17(3)4/h6-8,10,13,16H,5,9H2,1-4H3. The average molecular weight is 278 g/mol. The highest BCUT2D eigenvalue weighted by molar-refractivity contribution is 5.80. The van der Waals surface area contributed by atoms with E-state index >= 15 is 0 Å². The van der Waals surface area contributed by atoms with E-state index in [9.17, 15) is 4.79 Å². The zero-order valence-corrected chi connectivity index (χ0v) is 12.5. The molecule has 0 bridgehead atoms. The minimum atomic E-state index is -0.506. The van der Waals surface area contributed by atoms with E-state index in [2.05, 4.69) is 12.2 Å². The average Bonchev–Trinajstić information content (AvgIpc) is 2.81. The SMILES string of the molecule is CCNC1COc2cc(OC(C)C(=O)N(C)C)ccc21. The van der Waals surface area contributed by atoms with Gasteiger partial charge in [0.25, 0.3) is 5.91 Å². The fraction of sp³-hybridized carbons (Fsp3) is 0.533. The number of ether oxygens (including phenoxy) is 2. The van der Waals surface area contributed by atoms with Crippen LogP contribution in [0.2, 0.25) is 0 Å². The molecule has 1 N–H and O–H groups in total. The maximum Gasteiger partial charge on any atom is 0.262 e. The molecule has 5 nitrogen and oxygen atoms in total. The van der Waals surface area contributed by atoms with Crippen LogP contribution in [-0.2, 0) is 4.79 Å². The molecule has 1 aliphatic heterocycles. The topological polar surface area (TPSA) is 50.8 Å². The van der Waals surface area contributed by atoms with Gasteiger partial charge in [-0.05, 0) is 25.6 Å². The summed E-state index contributed by atoms with van der Waals surface area (Å²) in [7, 11) is 3.43. The predicted octanol–water partition coefficient (Wildman–Crippen LogP) is 1.59. The molecule has 1 amide bonds. The van der Waals surface area contributed by atoms with Crippen molar-refractivity contribution in [2.45, 2.75) is 26.0 Å². The second-order valence-electron chi connectivity index (χ2n) is 5.11. The molecule has 20 heavy (non-hydrogen) atoms. The van der Waals surface area contributed by atoms with Gasteiger partial charge >= 0.3 is 0 Å². The van der Waals surface area contributed by atoms with Crippen molar-refractivity contribution in [2.24, 2.45) is 0 Å². The van der Waals surface area contributed by atoms with Crippen LogP contribution in [0.1, 0.15) is 25.5 Å². The molecule has 0 saturated heterocycles. The van der Waals surface area contributed by atoms with Gasteiger partial charge in [0.2, 0.25) is 0 Å². The zero-order valence-electron chi connectivity index (χ0n) is 12.5. The van der Waals surface area contributed by atoms with Crippen molar-refractivity contribution in [3.8, 4) is 11.5 Å². The summed E-state index contributed by atoms with van der Waals surface area (Å²) in [5.41, 5.74) is 1.14. The molecule has 0 aromatic heterocycles. The number of nitrogens with zero attached hydrogens (tertiary/aromatic N) is 1. The van der Waals surface area contributed by atoms with E-state index < -0.39 is 6.10 Å². The van der Waals surface area contributed by atoms with E-state index in [0.717, 1.165) is 17.9 Å². The smallest absolute Gasteiger partial charge is 0.262 e. The fourth-order valence-corrected chi connectivity index (χ4v) is 2.30. The van der Waals surface area contributed by atoms with Gasteiger partial charge in [-0.15, -0.1) is 0 Å². The van der Waals surface area contributed by atoms with Gasteiger partial charge in [0.15, 0.2) is 6.10 Å². The van der Waals surface area contributed by atoms with Gasteiger partial charge in [0.1, 0.15) is 18.1 Å². The molecule has 110 valence electrons. The lowest BCUT2D eigenvalue weighted by molar-refractivity contribution is -0.135. The third-order valence-corrected chi connectivity index (χ3v) is 3.32. The van der Waals surface area contributed by atoms with Crippen molar-refractivity contribution < 1.29 is 14.3 Å². The van der Waals surface area contributed by atoms with Crippen molar-refractivity contribution in [1.82, 2.24) is 10.2 Å². The lowest BCUT2D eigenvalue weighted by Gasteiger charge is -2.18. The van der Waals surface area contributed by atoms with E-state index in [1.165, 1.54) is 4.90 Å². The van der Waals surface area contributed by atoms with Crippen molar-refractivity contribution in [3.05, 3.63) is 23.8 Å². The highest BCUT2D eigenvalue weighted by atomic mass is 16.5. The van der Waals surface area contributed by atoms with Crippen LogP contribution in [0.3, 0.4) is 0 Å². The molecule has 0 aliphatic carbocycles. The minimum absolute atomic E-state index is 0.0584. The maximum absolute atomic E-state index is 11.8. The molecular formula is C15H22N2O3. The molecule has 2 rings (SSSR count). The molecule has 5 heteroatoms. The summed E-state index contributed by atoms with van der Waals surface area (Å²) in [6.45, 7) is 5.36. The molecule has 1 heterocycles. The Kier molecular flexibility index (Phi) is 4.49. The third-order valence-electron chi connectivity index (χ3n) is 3.32. The molecular weight excluding hydrogens is 256 g/mol. The zero-order chi connectivity index (χ0) is 14.7. The minimum Gasteiger partial charge on any atom is -0.491 e. The van der Waals surface area contributed by atoms with Crippen LogP contribution in [0.15, 0.2) is 18.2 Å². The molecule has 1 aromatic carbocycles. The van der Waals surface area contributed by atoms with Crippen molar-refractivity contribution in [3.63, 3.8) is 0 Å². The third kappa shape index (κ3) is 3.04. The van der Waals surface area contributed by atoms with E-state index in [1.807, 2.05) is 18.2 Å². The van der Waals surface area contributed by atoms with Crippen LogP contribution in [0.5, 0.6) is 11.5 Å². The van der Waals surface area contributed by atoms with Crippen molar-refractivity contribution in [2.75, 3.05) is 27.2 Å². The highest BCUT2D eigenvalue weighted by Gasteiger charge is 2.24. The number of carbonyl (C=O) groups excluding carboxylic acids is 1. The van der Waals surface area contributed by atoms with Gasteiger partial charge in [0, 0.05) is 25.7 Å². The number of amides is 1. The summed E-state index contributed by atoms with van der Waals surface area (Å²) in [5.74, 6) is 1.43. The van der Waals surface area contributed by atoms with Gasteiger partial charge in [-0.2, -0.15) is 0 Å². The number of benzene rings is 1. The van der Waals surface area contributed by atoms with E-state index in [4.69, 9.17) is 9.47 Å². The van der Waals surface area contributed by atoms with Gasteiger partial charge in [-0.25, -0.2) is 0 Å². The number of hydrogen-bond donors (Lipinski definition) is 1. The molecule has 0 saturated carbocycles. The van der Waals surface area contributed by atoms with Crippen LogP contribution in [0.4, 0.5) is 0 Å². The number of likely N-dealkylation sites (N-methyl/N-ethyl adjacent to an activating group) is 2. The molecule has 0 fully saturated rings. The second-order valence-corrected chi connectivity index (χ2v) is 5.11. The van der Waals surface area contributed by atoms with Gasteiger partial charge in [0.05, 0.1) is 6.04 Å². The Hall–Kier alpha value is -1.75. The van der Waals surface area contributed by atoms with E-state index in [1.54, 1.807) is 21.0 Å². The summed E-state index contributed by atoms with van der Waals surface area (Å²) in [5, 5.41) is 3.37. The lowest BCUT2D eigenvalue weighted by Crippen LogP contribution is -2.35. The normalized spacial score (nSPS) is 18.1. The first-order valence-corrected chi connectivity index (χ1v) is 6.91. The van der Waals surface area contributed by atoms with Gasteiger partial charge in [-0.1, -0.05) is 6.92 Å². The first kappa shape index (κ1) is 14.7. The van der Waals surface area contributed by atoms with Gasteiger partial charge < -0.3 is 19.7 Å². The number of hydrogen-bond acceptors (Lipinski definition) is 4. The molecule has 1 aliphatic rings. The molecule has 2 atom stereocenters. The number of nitrogens with one attached hydrogen (secondary N) is 1. The predicted molar refractivity (Wildman–Crippen MR) is 77.1 cm³/mol. The Morgan fingerprint density at radius 1 is 1.55 bits per heavy atom. The fourth-order valence-electron chi connectivity index (χ4n) is 2.30. The maximum atomic E-state index is 11.8. The first-order chi connectivity index (χ1) is 9.52. The summed E-state index contributed by atoms with van der Waals surface area (Å²) in [6, 6.07) is 5.98. The van der Waals surface area contributed by atoms with Crippen molar-refractivity contribution >= 4 is 5.91 Å². The molecule has 0 spiro atoms. The van der Waals surface area contributed by atoms with Crippen LogP contribution >= 0.6 is 0 Å².